The zero-order valence-corrected chi connectivity index (χ0v) is 19.8. The Bertz CT molecular complexity index is 1190. The van der Waals surface area contributed by atoms with Gasteiger partial charge in [-0.2, -0.15) is 0 Å². The maximum Gasteiger partial charge on any atom is 0.322 e. The van der Waals surface area contributed by atoms with Crippen LogP contribution in [0.2, 0.25) is 0 Å². The standard InChI is InChI=1S/C27H29N3O4/c1-17-14-22-24(16-34-17)23-15-30(27(31)28-19-6-10-21(33-3)11-7-19)13-12-25(23)29-26(22)18-4-8-20(32-2)9-5-18/h4-11,17H,12-16H2,1-3H3,(H,28,31)/t17-/m0/s1. The first-order valence-electron chi connectivity index (χ1n) is 11.5. The lowest BCUT2D eigenvalue weighted by atomic mass is 9.88. The van der Waals surface area contributed by atoms with E-state index in [0.29, 0.717) is 26.1 Å². The van der Waals surface area contributed by atoms with Gasteiger partial charge in [-0.05, 0) is 72.1 Å². The molecule has 3 aromatic rings. The summed E-state index contributed by atoms with van der Waals surface area (Å²) in [6.07, 6.45) is 1.63. The van der Waals surface area contributed by atoms with Crippen LogP contribution in [0.4, 0.5) is 10.5 Å². The number of urea groups is 1. The van der Waals surface area contributed by atoms with E-state index in [0.717, 1.165) is 46.1 Å². The molecule has 0 unspecified atom stereocenters. The summed E-state index contributed by atoms with van der Waals surface area (Å²) < 4.78 is 16.6. The second kappa shape index (κ2) is 9.35. The molecule has 7 nitrogen and oxygen atoms in total. The molecule has 2 aromatic carbocycles. The van der Waals surface area contributed by atoms with E-state index in [1.54, 1.807) is 14.2 Å². The molecule has 5 rings (SSSR count). The van der Waals surface area contributed by atoms with Gasteiger partial charge in [0.2, 0.25) is 0 Å². The number of rotatable bonds is 4. The molecule has 1 aromatic heterocycles. The van der Waals surface area contributed by atoms with Crippen molar-refractivity contribution < 1.29 is 19.0 Å². The normalized spacial score (nSPS) is 16.9. The summed E-state index contributed by atoms with van der Waals surface area (Å²) in [7, 11) is 3.29. The number of pyridine rings is 1. The summed E-state index contributed by atoms with van der Waals surface area (Å²) in [5.74, 6) is 1.58. The molecule has 0 bridgehead atoms. The van der Waals surface area contributed by atoms with E-state index in [1.165, 1.54) is 11.1 Å². The lowest BCUT2D eigenvalue weighted by Crippen LogP contribution is -2.40. The van der Waals surface area contributed by atoms with Crippen molar-refractivity contribution in [2.75, 3.05) is 26.1 Å². The molecule has 0 aliphatic carbocycles. The highest BCUT2D eigenvalue weighted by atomic mass is 16.5. The van der Waals surface area contributed by atoms with Gasteiger partial charge in [0, 0.05) is 42.9 Å². The molecule has 2 amide bonds. The average Bonchev–Trinajstić information content (AvgIpc) is 2.88. The van der Waals surface area contributed by atoms with Crippen molar-refractivity contribution in [3.8, 4) is 22.8 Å². The van der Waals surface area contributed by atoms with Crippen LogP contribution in [0, 0.1) is 0 Å². The number of anilines is 1. The van der Waals surface area contributed by atoms with Crippen molar-refractivity contribution in [3.63, 3.8) is 0 Å². The smallest absolute Gasteiger partial charge is 0.322 e. The van der Waals surface area contributed by atoms with Crippen LogP contribution in [0.25, 0.3) is 11.3 Å². The number of carbonyl (C=O) groups excluding carboxylic acids is 1. The van der Waals surface area contributed by atoms with E-state index in [9.17, 15) is 4.79 Å². The number of nitrogens with zero attached hydrogens (tertiary/aromatic N) is 2. The summed E-state index contributed by atoms with van der Waals surface area (Å²) >= 11 is 0. The van der Waals surface area contributed by atoms with Crippen LogP contribution in [0.3, 0.4) is 0 Å². The molecule has 2 aliphatic rings. The van der Waals surface area contributed by atoms with Gasteiger partial charge in [0.15, 0.2) is 0 Å². The van der Waals surface area contributed by atoms with Gasteiger partial charge in [-0.1, -0.05) is 0 Å². The topological polar surface area (TPSA) is 72.9 Å². The molecule has 0 saturated carbocycles. The predicted octanol–water partition coefficient (Wildman–Crippen LogP) is 4.82. The van der Waals surface area contributed by atoms with E-state index >= 15 is 0 Å². The first kappa shape index (κ1) is 22.2. The zero-order valence-electron chi connectivity index (χ0n) is 19.8. The Labute approximate surface area is 199 Å². The van der Waals surface area contributed by atoms with Crippen LogP contribution in [-0.2, 0) is 30.7 Å². The molecular weight excluding hydrogens is 430 g/mol. The van der Waals surface area contributed by atoms with Gasteiger partial charge in [-0.3, -0.25) is 4.98 Å². The molecule has 34 heavy (non-hydrogen) atoms. The molecule has 0 saturated heterocycles. The third-order valence-electron chi connectivity index (χ3n) is 6.57. The van der Waals surface area contributed by atoms with E-state index in [2.05, 4.69) is 24.4 Å². The van der Waals surface area contributed by atoms with Gasteiger partial charge < -0.3 is 24.4 Å². The predicted molar refractivity (Wildman–Crippen MR) is 130 cm³/mol. The minimum absolute atomic E-state index is 0.117. The Morgan fingerprint density at radius 2 is 1.68 bits per heavy atom. The molecule has 176 valence electrons. The van der Waals surface area contributed by atoms with Crippen molar-refractivity contribution in [1.29, 1.82) is 0 Å². The highest BCUT2D eigenvalue weighted by molar-refractivity contribution is 5.89. The Morgan fingerprint density at radius 3 is 2.35 bits per heavy atom. The summed E-state index contributed by atoms with van der Waals surface area (Å²) in [5.41, 5.74) is 7.41. The summed E-state index contributed by atoms with van der Waals surface area (Å²) in [6, 6.07) is 15.3. The summed E-state index contributed by atoms with van der Waals surface area (Å²) in [5, 5.41) is 3.00. The number of aromatic nitrogens is 1. The van der Waals surface area contributed by atoms with Crippen molar-refractivity contribution in [2.45, 2.75) is 39.0 Å². The molecule has 0 spiro atoms. The fourth-order valence-corrected chi connectivity index (χ4v) is 4.68. The SMILES string of the molecule is COc1ccc(NC(=O)N2CCc3nc(-c4ccc(OC)cc4)c4c(c3C2)CO[C@@H](C)C4)cc1. The van der Waals surface area contributed by atoms with E-state index < -0.39 is 0 Å². The number of ether oxygens (including phenoxy) is 3. The van der Waals surface area contributed by atoms with Crippen molar-refractivity contribution in [2.24, 2.45) is 0 Å². The number of hydrogen-bond acceptors (Lipinski definition) is 5. The molecule has 0 fully saturated rings. The van der Waals surface area contributed by atoms with Gasteiger partial charge in [-0.25, -0.2) is 4.79 Å². The van der Waals surface area contributed by atoms with Gasteiger partial charge in [0.05, 0.1) is 32.6 Å². The van der Waals surface area contributed by atoms with Gasteiger partial charge in [-0.15, -0.1) is 0 Å². The average molecular weight is 460 g/mol. The molecular formula is C27H29N3O4. The molecule has 2 aliphatic heterocycles. The van der Waals surface area contributed by atoms with Crippen LogP contribution in [0.1, 0.15) is 29.3 Å². The molecule has 3 heterocycles. The Hall–Kier alpha value is -3.58. The minimum atomic E-state index is -0.117. The van der Waals surface area contributed by atoms with E-state index in [4.69, 9.17) is 19.2 Å². The van der Waals surface area contributed by atoms with Crippen molar-refractivity contribution in [3.05, 3.63) is 70.9 Å². The lowest BCUT2D eigenvalue weighted by Gasteiger charge is -2.34. The monoisotopic (exact) mass is 459 g/mol. The molecule has 1 atom stereocenters. The van der Waals surface area contributed by atoms with Crippen LogP contribution >= 0.6 is 0 Å². The maximum absolute atomic E-state index is 13.0. The number of amides is 2. The fourth-order valence-electron chi connectivity index (χ4n) is 4.68. The Balaban J connectivity index is 1.43. The summed E-state index contributed by atoms with van der Waals surface area (Å²) in [6.45, 7) is 3.76. The van der Waals surface area contributed by atoms with Crippen LogP contribution in [0.15, 0.2) is 48.5 Å². The first-order chi connectivity index (χ1) is 16.6. The lowest BCUT2D eigenvalue weighted by molar-refractivity contribution is 0.0399. The van der Waals surface area contributed by atoms with Gasteiger partial charge in [0.25, 0.3) is 0 Å². The number of methoxy groups -OCH3 is 2. The van der Waals surface area contributed by atoms with Crippen molar-refractivity contribution in [1.82, 2.24) is 9.88 Å². The van der Waals surface area contributed by atoms with Crippen LogP contribution < -0.4 is 14.8 Å². The van der Waals surface area contributed by atoms with E-state index in [1.807, 2.05) is 41.3 Å². The maximum atomic E-state index is 13.0. The van der Waals surface area contributed by atoms with Crippen LogP contribution in [0.5, 0.6) is 11.5 Å². The molecule has 0 radical (unpaired) electrons. The number of nitrogens with one attached hydrogen (secondary N) is 1. The second-order valence-electron chi connectivity index (χ2n) is 8.73. The first-order valence-corrected chi connectivity index (χ1v) is 11.5. The second-order valence-corrected chi connectivity index (χ2v) is 8.73. The number of carbonyl (C=O) groups is 1. The van der Waals surface area contributed by atoms with Gasteiger partial charge in [0.1, 0.15) is 11.5 Å². The minimum Gasteiger partial charge on any atom is -0.497 e. The Kier molecular flexibility index (Phi) is 6.11. The zero-order chi connectivity index (χ0) is 23.7. The van der Waals surface area contributed by atoms with Gasteiger partial charge >= 0.3 is 6.03 Å². The highest BCUT2D eigenvalue weighted by Gasteiger charge is 2.30. The Morgan fingerprint density at radius 1 is 1.00 bits per heavy atom. The van der Waals surface area contributed by atoms with Crippen LogP contribution in [-0.4, -0.2) is 42.8 Å². The number of fused-ring (bicyclic) bond motifs is 3. The largest absolute Gasteiger partial charge is 0.497 e. The third-order valence-corrected chi connectivity index (χ3v) is 6.57. The fraction of sp³-hybridized carbons (Fsp3) is 0.333. The molecule has 7 heteroatoms. The summed E-state index contributed by atoms with van der Waals surface area (Å²) in [4.78, 5) is 20.0. The third kappa shape index (κ3) is 4.31. The molecule has 1 N–H and O–H groups in total. The van der Waals surface area contributed by atoms with Crippen molar-refractivity contribution >= 4 is 11.7 Å². The number of benzene rings is 2. The quantitative estimate of drug-likeness (QED) is 0.606. The van der Waals surface area contributed by atoms with E-state index in [-0.39, 0.29) is 12.1 Å². The number of hydrogen-bond donors (Lipinski definition) is 1. The highest BCUT2D eigenvalue weighted by Crippen LogP contribution is 2.36.